The van der Waals surface area contributed by atoms with Crippen LogP contribution in [0, 0.1) is 0 Å². The van der Waals surface area contributed by atoms with E-state index in [-0.39, 0.29) is 13.2 Å². The summed E-state index contributed by atoms with van der Waals surface area (Å²) in [4.78, 5) is 23.8. The summed E-state index contributed by atoms with van der Waals surface area (Å²) in [6, 6.07) is 8.60. The SMILES string of the molecule is C=CCOC(=O)[C@H](CCCNC)NC(=O)OCc1ccccc1. The van der Waals surface area contributed by atoms with Crippen LogP contribution in [0.4, 0.5) is 4.79 Å². The van der Waals surface area contributed by atoms with Crippen LogP contribution in [0.25, 0.3) is 0 Å². The molecule has 2 N–H and O–H groups in total. The Hall–Kier alpha value is -2.34. The number of benzene rings is 1. The second kappa shape index (κ2) is 11.3. The minimum absolute atomic E-state index is 0.113. The van der Waals surface area contributed by atoms with Crippen molar-refractivity contribution in [2.75, 3.05) is 20.2 Å². The quantitative estimate of drug-likeness (QED) is 0.392. The van der Waals surface area contributed by atoms with Crippen molar-refractivity contribution in [3.8, 4) is 0 Å². The number of ether oxygens (including phenoxy) is 2. The number of rotatable bonds is 10. The Morgan fingerprint density at radius 3 is 2.65 bits per heavy atom. The Balaban J connectivity index is 2.47. The third-order valence-corrected chi connectivity index (χ3v) is 3.05. The van der Waals surface area contributed by atoms with Crippen molar-refractivity contribution in [3.05, 3.63) is 48.6 Å². The van der Waals surface area contributed by atoms with Gasteiger partial charge in [-0.1, -0.05) is 43.0 Å². The second-order valence-corrected chi connectivity index (χ2v) is 4.92. The predicted molar refractivity (Wildman–Crippen MR) is 87.9 cm³/mol. The molecule has 23 heavy (non-hydrogen) atoms. The van der Waals surface area contributed by atoms with E-state index >= 15 is 0 Å². The van der Waals surface area contributed by atoms with Gasteiger partial charge in [-0.3, -0.25) is 0 Å². The minimum Gasteiger partial charge on any atom is -0.460 e. The van der Waals surface area contributed by atoms with Gasteiger partial charge in [0.25, 0.3) is 0 Å². The van der Waals surface area contributed by atoms with Gasteiger partial charge in [-0.15, -0.1) is 0 Å². The first kappa shape index (κ1) is 18.7. The lowest BCUT2D eigenvalue weighted by molar-refractivity contribution is -0.145. The molecule has 0 aliphatic carbocycles. The van der Waals surface area contributed by atoms with Crippen LogP contribution in [-0.4, -0.2) is 38.3 Å². The van der Waals surface area contributed by atoms with Crippen LogP contribution < -0.4 is 10.6 Å². The van der Waals surface area contributed by atoms with Crippen molar-refractivity contribution in [3.63, 3.8) is 0 Å². The van der Waals surface area contributed by atoms with E-state index in [1.54, 1.807) is 0 Å². The van der Waals surface area contributed by atoms with Crippen LogP contribution in [0.2, 0.25) is 0 Å². The summed E-state index contributed by atoms with van der Waals surface area (Å²) in [7, 11) is 1.83. The fourth-order valence-electron chi connectivity index (χ4n) is 1.88. The molecule has 126 valence electrons. The molecule has 1 rings (SSSR count). The van der Waals surface area contributed by atoms with Gasteiger partial charge in [0.1, 0.15) is 19.3 Å². The zero-order valence-corrected chi connectivity index (χ0v) is 13.4. The molecule has 0 saturated carbocycles. The van der Waals surface area contributed by atoms with Crippen LogP contribution in [0.15, 0.2) is 43.0 Å². The standard InChI is InChI=1S/C17H24N2O4/c1-3-12-22-16(20)15(10-7-11-18-2)19-17(21)23-13-14-8-5-4-6-9-14/h3-6,8-9,15,18H,1,7,10-13H2,2H3,(H,19,21)/t15-/m0/s1. The molecule has 0 fully saturated rings. The zero-order chi connectivity index (χ0) is 16.9. The van der Waals surface area contributed by atoms with Crippen molar-refractivity contribution in [1.82, 2.24) is 10.6 Å². The van der Waals surface area contributed by atoms with Crippen molar-refractivity contribution < 1.29 is 19.1 Å². The van der Waals surface area contributed by atoms with E-state index < -0.39 is 18.1 Å². The number of alkyl carbamates (subject to hydrolysis) is 1. The Labute approximate surface area is 136 Å². The molecule has 0 aromatic heterocycles. The monoisotopic (exact) mass is 320 g/mol. The van der Waals surface area contributed by atoms with Gasteiger partial charge < -0.3 is 20.1 Å². The highest BCUT2D eigenvalue weighted by Gasteiger charge is 2.22. The fourth-order valence-corrected chi connectivity index (χ4v) is 1.88. The maximum Gasteiger partial charge on any atom is 0.408 e. The van der Waals surface area contributed by atoms with Crippen LogP contribution in [-0.2, 0) is 20.9 Å². The van der Waals surface area contributed by atoms with E-state index in [4.69, 9.17) is 9.47 Å². The molecular formula is C17H24N2O4. The zero-order valence-electron chi connectivity index (χ0n) is 13.4. The van der Waals surface area contributed by atoms with Gasteiger partial charge in [0.15, 0.2) is 0 Å². The molecule has 1 atom stereocenters. The van der Waals surface area contributed by atoms with Gasteiger partial charge in [-0.2, -0.15) is 0 Å². The molecule has 0 spiro atoms. The number of nitrogens with one attached hydrogen (secondary N) is 2. The molecule has 0 radical (unpaired) electrons. The maximum absolute atomic E-state index is 11.9. The summed E-state index contributed by atoms with van der Waals surface area (Å²) in [6.07, 6.45) is 2.04. The first-order valence-corrected chi connectivity index (χ1v) is 7.56. The van der Waals surface area contributed by atoms with Crippen molar-refractivity contribution in [2.45, 2.75) is 25.5 Å². The van der Waals surface area contributed by atoms with Crippen molar-refractivity contribution in [2.24, 2.45) is 0 Å². The largest absolute Gasteiger partial charge is 0.460 e. The number of amides is 1. The molecule has 0 aliphatic rings. The molecule has 1 amide bonds. The topological polar surface area (TPSA) is 76.7 Å². The molecule has 0 aliphatic heterocycles. The van der Waals surface area contributed by atoms with Gasteiger partial charge >= 0.3 is 12.1 Å². The number of hydrogen-bond donors (Lipinski definition) is 2. The van der Waals surface area contributed by atoms with Crippen molar-refractivity contribution in [1.29, 1.82) is 0 Å². The Kier molecular flexibility index (Phi) is 9.16. The summed E-state index contributed by atoms with van der Waals surface area (Å²) < 4.78 is 10.1. The summed E-state index contributed by atoms with van der Waals surface area (Å²) >= 11 is 0. The van der Waals surface area contributed by atoms with Gasteiger partial charge in [-0.05, 0) is 32.0 Å². The lowest BCUT2D eigenvalue weighted by Crippen LogP contribution is -2.42. The molecular weight excluding hydrogens is 296 g/mol. The molecule has 1 aromatic rings. The average molecular weight is 320 g/mol. The number of hydrogen-bond acceptors (Lipinski definition) is 5. The molecule has 0 bridgehead atoms. The molecule has 6 nitrogen and oxygen atoms in total. The van der Waals surface area contributed by atoms with E-state index in [2.05, 4.69) is 17.2 Å². The molecule has 0 unspecified atom stereocenters. The van der Waals surface area contributed by atoms with Crippen LogP contribution in [0.5, 0.6) is 0 Å². The van der Waals surface area contributed by atoms with E-state index in [0.717, 1.165) is 18.5 Å². The normalized spacial score (nSPS) is 11.3. The van der Waals surface area contributed by atoms with Crippen molar-refractivity contribution >= 4 is 12.1 Å². The second-order valence-electron chi connectivity index (χ2n) is 4.92. The van der Waals surface area contributed by atoms with E-state index in [9.17, 15) is 9.59 Å². The molecule has 6 heteroatoms. The third-order valence-electron chi connectivity index (χ3n) is 3.05. The van der Waals surface area contributed by atoms with Gasteiger partial charge in [-0.25, -0.2) is 9.59 Å². The number of esters is 1. The Morgan fingerprint density at radius 2 is 2.00 bits per heavy atom. The van der Waals surface area contributed by atoms with Crippen LogP contribution in [0.1, 0.15) is 18.4 Å². The summed E-state index contributed by atoms with van der Waals surface area (Å²) in [5.74, 6) is -0.488. The van der Waals surface area contributed by atoms with Crippen LogP contribution in [0.3, 0.4) is 0 Å². The Bertz CT molecular complexity index is 491. The van der Waals surface area contributed by atoms with E-state index in [0.29, 0.717) is 6.42 Å². The lowest BCUT2D eigenvalue weighted by Gasteiger charge is -2.17. The maximum atomic E-state index is 11.9. The van der Waals surface area contributed by atoms with Gasteiger partial charge in [0.2, 0.25) is 0 Å². The fraction of sp³-hybridized carbons (Fsp3) is 0.412. The summed E-state index contributed by atoms with van der Waals surface area (Å²) in [6.45, 7) is 4.50. The predicted octanol–water partition coefficient (Wildman–Crippen LogP) is 2.01. The summed E-state index contributed by atoms with van der Waals surface area (Å²) in [5.41, 5.74) is 0.878. The van der Waals surface area contributed by atoms with Crippen LogP contribution >= 0.6 is 0 Å². The highest BCUT2D eigenvalue weighted by molar-refractivity contribution is 5.81. The van der Waals surface area contributed by atoms with Gasteiger partial charge in [0, 0.05) is 0 Å². The number of carbonyl (C=O) groups is 2. The van der Waals surface area contributed by atoms with Gasteiger partial charge in [0.05, 0.1) is 0 Å². The lowest BCUT2D eigenvalue weighted by atomic mass is 10.1. The van der Waals surface area contributed by atoms with E-state index in [1.165, 1.54) is 6.08 Å². The van der Waals surface area contributed by atoms with E-state index in [1.807, 2.05) is 37.4 Å². The highest BCUT2D eigenvalue weighted by atomic mass is 16.6. The molecule has 1 aromatic carbocycles. The molecule has 0 saturated heterocycles. The smallest absolute Gasteiger partial charge is 0.408 e. The third kappa shape index (κ3) is 8.01. The first-order valence-electron chi connectivity index (χ1n) is 7.56. The number of carbonyl (C=O) groups excluding carboxylic acids is 2. The average Bonchev–Trinajstić information content (AvgIpc) is 2.58. The first-order chi connectivity index (χ1) is 11.2. The minimum atomic E-state index is -0.730. The Morgan fingerprint density at radius 1 is 1.26 bits per heavy atom. The molecule has 0 heterocycles. The highest BCUT2D eigenvalue weighted by Crippen LogP contribution is 2.03. The summed E-state index contributed by atoms with van der Waals surface area (Å²) in [5, 5.41) is 5.55.